The Morgan fingerprint density at radius 3 is 2.30 bits per heavy atom. The number of carbonyl (C=O) groups is 1. The minimum absolute atomic E-state index is 0.137. The minimum atomic E-state index is -1.23. The summed E-state index contributed by atoms with van der Waals surface area (Å²) in [6.45, 7) is 0.137. The van der Waals surface area contributed by atoms with Crippen LogP contribution >= 0.6 is 0 Å². The van der Waals surface area contributed by atoms with Gasteiger partial charge in [0.1, 0.15) is 6.61 Å². The number of ether oxygens (including phenoxy) is 1. The smallest absolute Gasteiger partial charge is 0.339 e. The molecule has 0 saturated heterocycles. The summed E-state index contributed by atoms with van der Waals surface area (Å²) in [6, 6.07) is 18.4. The molecule has 2 rings (SSSR count). The first-order valence-electron chi connectivity index (χ1n) is 6.38. The predicted octanol–water partition coefficient (Wildman–Crippen LogP) is 2.98. The van der Waals surface area contributed by atoms with Crippen molar-refractivity contribution in [1.29, 1.82) is 0 Å². The third-order valence-corrected chi connectivity index (χ3v) is 2.77. The van der Waals surface area contributed by atoms with Gasteiger partial charge in [-0.15, -0.1) is 0 Å². The first kappa shape index (κ1) is 14.0. The zero-order chi connectivity index (χ0) is 14.2. The van der Waals surface area contributed by atoms with Crippen LogP contribution < -0.4 is 0 Å². The maximum Gasteiger partial charge on any atom is 0.339 e. The van der Waals surface area contributed by atoms with Gasteiger partial charge in [0.25, 0.3) is 0 Å². The van der Waals surface area contributed by atoms with Crippen LogP contribution in [0, 0.1) is 0 Å². The number of esters is 1. The maximum atomic E-state index is 11.6. The minimum Gasteiger partial charge on any atom is -0.459 e. The lowest BCUT2D eigenvalue weighted by atomic mass is 10.1. The molecule has 0 fully saturated rings. The molecule has 0 aliphatic carbocycles. The largest absolute Gasteiger partial charge is 0.459 e. The molecule has 0 aliphatic heterocycles. The quantitative estimate of drug-likeness (QED) is 0.848. The number of aliphatic hydroxyl groups excluding tert-OH is 1. The second-order valence-electron chi connectivity index (χ2n) is 4.26. The summed E-state index contributed by atoms with van der Waals surface area (Å²) in [6.07, 6.45) is 2.37. The topological polar surface area (TPSA) is 46.5 Å². The fourth-order valence-electron chi connectivity index (χ4n) is 1.73. The Bertz CT molecular complexity index is 561. The molecule has 1 N–H and O–H groups in total. The Balaban J connectivity index is 1.82. The van der Waals surface area contributed by atoms with E-state index in [0.717, 1.165) is 5.56 Å². The van der Waals surface area contributed by atoms with E-state index in [1.54, 1.807) is 30.3 Å². The Kier molecular flexibility index (Phi) is 5.09. The first-order chi connectivity index (χ1) is 9.77. The van der Waals surface area contributed by atoms with Crippen molar-refractivity contribution in [2.75, 3.05) is 6.61 Å². The van der Waals surface area contributed by atoms with E-state index in [-0.39, 0.29) is 6.61 Å². The van der Waals surface area contributed by atoms with Gasteiger partial charge < -0.3 is 9.84 Å². The molecule has 3 heteroatoms. The fraction of sp³-hybridized carbons (Fsp3) is 0.118. The molecule has 1 atom stereocenters. The van der Waals surface area contributed by atoms with Crippen LogP contribution in [0.25, 0.3) is 6.08 Å². The SMILES string of the molecule is O=C(OC/C=C/c1ccccc1)C(O)c1ccccc1. The van der Waals surface area contributed by atoms with E-state index in [1.165, 1.54) is 0 Å². The third-order valence-electron chi connectivity index (χ3n) is 2.77. The van der Waals surface area contributed by atoms with Crippen molar-refractivity contribution in [3.05, 3.63) is 77.9 Å². The first-order valence-corrected chi connectivity index (χ1v) is 6.38. The van der Waals surface area contributed by atoms with Gasteiger partial charge in [0, 0.05) is 0 Å². The molecular weight excluding hydrogens is 252 g/mol. The lowest BCUT2D eigenvalue weighted by molar-refractivity contribution is -0.152. The van der Waals surface area contributed by atoms with Gasteiger partial charge in [-0.2, -0.15) is 0 Å². The number of hydrogen-bond acceptors (Lipinski definition) is 3. The second kappa shape index (κ2) is 7.26. The molecular formula is C17H16O3. The van der Waals surface area contributed by atoms with Crippen molar-refractivity contribution in [3.8, 4) is 0 Å². The molecule has 20 heavy (non-hydrogen) atoms. The average molecular weight is 268 g/mol. The molecule has 3 nitrogen and oxygen atoms in total. The zero-order valence-electron chi connectivity index (χ0n) is 11.0. The van der Waals surface area contributed by atoms with Crippen LogP contribution in [-0.4, -0.2) is 17.7 Å². The standard InChI is InChI=1S/C17H16O3/c18-16(15-11-5-2-6-12-15)17(19)20-13-7-10-14-8-3-1-4-9-14/h1-12,16,18H,13H2/b10-7+. The summed E-state index contributed by atoms with van der Waals surface area (Å²) in [5.41, 5.74) is 1.57. The van der Waals surface area contributed by atoms with Crippen LogP contribution in [0.15, 0.2) is 66.7 Å². The van der Waals surface area contributed by atoms with E-state index in [9.17, 15) is 9.90 Å². The van der Waals surface area contributed by atoms with Gasteiger partial charge in [0.15, 0.2) is 6.10 Å². The Labute approximate surface area is 118 Å². The molecule has 0 amide bonds. The van der Waals surface area contributed by atoms with Gasteiger partial charge >= 0.3 is 5.97 Å². The maximum absolute atomic E-state index is 11.6. The molecule has 1 unspecified atom stereocenters. The van der Waals surface area contributed by atoms with Gasteiger partial charge in [-0.3, -0.25) is 0 Å². The summed E-state index contributed by atoms with van der Waals surface area (Å²) in [7, 11) is 0. The predicted molar refractivity (Wildman–Crippen MR) is 77.8 cm³/mol. The van der Waals surface area contributed by atoms with E-state index in [4.69, 9.17) is 4.74 Å². The van der Waals surface area contributed by atoms with Crippen LogP contribution in [-0.2, 0) is 9.53 Å². The summed E-state index contributed by atoms with van der Waals surface area (Å²) in [5.74, 6) is -0.645. The fourth-order valence-corrected chi connectivity index (χ4v) is 1.73. The van der Waals surface area contributed by atoms with Crippen LogP contribution in [0.4, 0.5) is 0 Å². The van der Waals surface area contributed by atoms with E-state index in [2.05, 4.69) is 0 Å². The van der Waals surface area contributed by atoms with Gasteiger partial charge in [0.2, 0.25) is 0 Å². The Morgan fingerprint density at radius 2 is 1.65 bits per heavy atom. The number of aliphatic hydroxyl groups is 1. The summed E-state index contributed by atoms with van der Waals surface area (Å²) >= 11 is 0. The van der Waals surface area contributed by atoms with Gasteiger partial charge in [0.05, 0.1) is 0 Å². The molecule has 0 bridgehead atoms. The van der Waals surface area contributed by atoms with Crippen molar-refractivity contribution in [2.24, 2.45) is 0 Å². The second-order valence-corrected chi connectivity index (χ2v) is 4.26. The molecule has 0 spiro atoms. The molecule has 0 aliphatic rings. The Hall–Kier alpha value is -2.39. The van der Waals surface area contributed by atoms with Crippen LogP contribution in [0.1, 0.15) is 17.2 Å². The van der Waals surface area contributed by atoms with E-state index >= 15 is 0 Å². The third kappa shape index (κ3) is 4.07. The number of hydrogen-bond donors (Lipinski definition) is 1. The molecule has 2 aromatic rings. The zero-order valence-corrected chi connectivity index (χ0v) is 11.0. The monoisotopic (exact) mass is 268 g/mol. The lowest BCUT2D eigenvalue weighted by Gasteiger charge is -2.09. The summed E-state index contributed by atoms with van der Waals surface area (Å²) in [4.78, 5) is 11.6. The number of carbonyl (C=O) groups excluding carboxylic acids is 1. The van der Waals surface area contributed by atoms with Crippen LogP contribution in [0.2, 0.25) is 0 Å². The van der Waals surface area contributed by atoms with Crippen molar-refractivity contribution in [3.63, 3.8) is 0 Å². The highest BCUT2D eigenvalue weighted by Crippen LogP contribution is 2.13. The lowest BCUT2D eigenvalue weighted by Crippen LogP contribution is -2.15. The highest BCUT2D eigenvalue weighted by Gasteiger charge is 2.17. The average Bonchev–Trinajstić information content (AvgIpc) is 2.52. The van der Waals surface area contributed by atoms with Gasteiger partial charge in [-0.1, -0.05) is 66.7 Å². The molecule has 0 radical (unpaired) electrons. The Morgan fingerprint density at radius 1 is 1.05 bits per heavy atom. The van der Waals surface area contributed by atoms with E-state index < -0.39 is 12.1 Å². The van der Waals surface area contributed by atoms with Crippen molar-refractivity contribution in [2.45, 2.75) is 6.10 Å². The highest BCUT2D eigenvalue weighted by atomic mass is 16.5. The van der Waals surface area contributed by atoms with Gasteiger partial charge in [-0.05, 0) is 17.2 Å². The highest BCUT2D eigenvalue weighted by molar-refractivity contribution is 5.76. The summed E-state index contributed by atoms with van der Waals surface area (Å²) < 4.78 is 5.00. The van der Waals surface area contributed by atoms with Crippen LogP contribution in [0.3, 0.4) is 0 Å². The van der Waals surface area contributed by atoms with Crippen LogP contribution in [0.5, 0.6) is 0 Å². The van der Waals surface area contributed by atoms with E-state index in [0.29, 0.717) is 5.56 Å². The molecule has 0 heterocycles. The van der Waals surface area contributed by atoms with Gasteiger partial charge in [-0.25, -0.2) is 4.79 Å². The summed E-state index contributed by atoms with van der Waals surface area (Å²) in [5, 5.41) is 9.81. The van der Waals surface area contributed by atoms with E-state index in [1.807, 2.05) is 42.5 Å². The normalized spacial score (nSPS) is 12.2. The van der Waals surface area contributed by atoms with Crippen molar-refractivity contribution < 1.29 is 14.6 Å². The molecule has 0 aromatic heterocycles. The number of benzene rings is 2. The molecule has 2 aromatic carbocycles. The van der Waals surface area contributed by atoms with Crippen molar-refractivity contribution in [1.82, 2.24) is 0 Å². The van der Waals surface area contributed by atoms with Crippen molar-refractivity contribution >= 4 is 12.0 Å². The molecule has 102 valence electrons. The number of rotatable bonds is 5. The molecule has 0 saturated carbocycles.